The Balaban J connectivity index is 2.31. The number of rotatable bonds is 5. The average Bonchev–Trinajstić information content (AvgIpc) is 2.64. The lowest BCUT2D eigenvalue weighted by atomic mass is 10.4. The van der Waals surface area contributed by atoms with Crippen LogP contribution in [0.4, 0.5) is 5.95 Å². The van der Waals surface area contributed by atoms with Crippen LogP contribution in [-0.2, 0) is 16.4 Å². The first-order valence-electron chi connectivity index (χ1n) is 5.61. The van der Waals surface area contributed by atoms with Crippen LogP contribution >= 0.6 is 0 Å². The van der Waals surface area contributed by atoms with Gasteiger partial charge in [-0.25, -0.2) is 18.4 Å². The number of aryl methyl sites for hydroxylation is 1. The van der Waals surface area contributed by atoms with Gasteiger partial charge in [0.2, 0.25) is 11.8 Å². The average molecular weight is 285 g/mol. The number of ether oxygens (including phenoxy) is 1. The van der Waals surface area contributed by atoms with Gasteiger partial charge in [-0.05, 0) is 6.42 Å². The topological polar surface area (TPSA) is 113 Å². The highest BCUT2D eigenvalue weighted by molar-refractivity contribution is 7.90. The van der Waals surface area contributed by atoms with Crippen molar-refractivity contribution in [1.82, 2.24) is 19.5 Å². The molecule has 2 aromatic rings. The van der Waals surface area contributed by atoms with E-state index in [9.17, 15) is 8.42 Å². The minimum Gasteiger partial charge on any atom is -0.479 e. The smallest absolute Gasteiger partial charge is 0.245 e. The number of nitrogens with zero attached hydrogens (tertiary/aromatic N) is 4. The van der Waals surface area contributed by atoms with Gasteiger partial charge in [0.25, 0.3) is 0 Å². The summed E-state index contributed by atoms with van der Waals surface area (Å²) in [5.74, 6) is 0.704. The van der Waals surface area contributed by atoms with Gasteiger partial charge in [0.15, 0.2) is 11.2 Å². The number of methoxy groups -OCH3 is 1. The van der Waals surface area contributed by atoms with Crippen LogP contribution in [0.1, 0.15) is 6.42 Å². The third-order valence-corrected chi connectivity index (χ3v) is 3.65. The van der Waals surface area contributed by atoms with E-state index >= 15 is 0 Å². The van der Waals surface area contributed by atoms with Crippen molar-refractivity contribution >= 4 is 26.9 Å². The molecule has 19 heavy (non-hydrogen) atoms. The predicted molar refractivity (Wildman–Crippen MR) is 70.6 cm³/mol. The first-order valence-corrected chi connectivity index (χ1v) is 7.67. The van der Waals surface area contributed by atoms with Crippen LogP contribution in [-0.4, -0.2) is 47.1 Å². The molecule has 0 aliphatic heterocycles. The molecule has 2 rings (SSSR count). The molecule has 0 amide bonds. The Hall–Kier alpha value is -1.90. The van der Waals surface area contributed by atoms with Gasteiger partial charge in [-0.15, -0.1) is 0 Å². The second-order valence-corrected chi connectivity index (χ2v) is 6.42. The number of imidazole rings is 1. The third-order valence-electron chi connectivity index (χ3n) is 2.62. The second kappa shape index (κ2) is 5.00. The number of hydrogen-bond acceptors (Lipinski definition) is 7. The molecule has 0 aliphatic rings. The van der Waals surface area contributed by atoms with E-state index in [-0.39, 0.29) is 11.7 Å². The number of nitrogen functional groups attached to an aromatic ring is 1. The largest absolute Gasteiger partial charge is 0.479 e. The molecule has 2 N–H and O–H groups in total. The standard InChI is InChI=1S/C10H15N5O3S/c1-18-9-7-8(12-6-13-9)15(10(11)14-7)4-3-5-19(2,16)17/h6H,3-5H2,1-2H3,(H2,11,14). The molecule has 2 aromatic heterocycles. The maximum Gasteiger partial charge on any atom is 0.245 e. The van der Waals surface area contributed by atoms with Crippen LogP contribution in [0, 0.1) is 0 Å². The van der Waals surface area contributed by atoms with E-state index in [4.69, 9.17) is 10.5 Å². The third kappa shape index (κ3) is 2.92. The lowest BCUT2D eigenvalue weighted by Gasteiger charge is -2.05. The number of hydrogen-bond donors (Lipinski definition) is 1. The van der Waals surface area contributed by atoms with Gasteiger partial charge in [0.05, 0.1) is 12.9 Å². The summed E-state index contributed by atoms with van der Waals surface area (Å²) in [5.41, 5.74) is 6.82. The van der Waals surface area contributed by atoms with Crippen molar-refractivity contribution in [3.63, 3.8) is 0 Å². The summed E-state index contributed by atoms with van der Waals surface area (Å²) in [5, 5.41) is 0. The van der Waals surface area contributed by atoms with Gasteiger partial charge in [0, 0.05) is 12.8 Å². The van der Waals surface area contributed by atoms with Crippen molar-refractivity contribution in [3.8, 4) is 5.88 Å². The van der Waals surface area contributed by atoms with Crippen LogP contribution in [0.3, 0.4) is 0 Å². The molecule has 9 heteroatoms. The van der Waals surface area contributed by atoms with Gasteiger partial charge < -0.3 is 10.5 Å². The SMILES string of the molecule is COc1ncnc2c1nc(N)n2CCCS(C)(=O)=O. The Morgan fingerprint density at radius 3 is 2.79 bits per heavy atom. The molecule has 0 spiro atoms. The Bertz CT molecular complexity index is 694. The summed E-state index contributed by atoms with van der Waals surface area (Å²) in [6, 6.07) is 0. The molecule has 8 nitrogen and oxygen atoms in total. The molecular weight excluding hydrogens is 270 g/mol. The quantitative estimate of drug-likeness (QED) is 0.812. The first-order chi connectivity index (χ1) is 8.92. The van der Waals surface area contributed by atoms with E-state index in [1.165, 1.54) is 19.7 Å². The summed E-state index contributed by atoms with van der Waals surface area (Å²) in [4.78, 5) is 12.2. The Morgan fingerprint density at radius 2 is 2.16 bits per heavy atom. The highest BCUT2D eigenvalue weighted by Gasteiger charge is 2.14. The summed E-state index contributed by atoms with van der Waals surface area (Å²) < 4.78 is 28.9. The summed E-state index contributed by atoms with van der Waals surface area (Å²) in [6.45, 7) is 0.426. The summed E-state index contributed by atoms with van der Waals surface area (Å²) in [6.07, 6.45) is 3.00. The number of fused-ring (bicyclic) bond motifs is 1. The van der Waals surface area contributed by atoms with Gasteiger partial charge in [0.1, 0.15) is 16.2 Å². The molecule has 0 atom stereocenters. The number of anilines is 1. The van der Waals surface area contributed by atoms with Crippen molar-refractivity contribution < 1.29 is 13.2 Å². The lowest BCUT2D eigenvalue weighted by molar-refractivity contribution is 0.401. The molecule has 0 unspecified atom stereocenters. The van der Waals surface area contributed by atoms with Crippen LogP contribution in [0.5, 0.6) is 5.88 Å². The highest BCUT2D eigenvalue weighted by Crippen LogP contribution is 2.22. The monoisotopic (exact) mass is 285 g/mol. The first kappa shape index (κ1) is 13.5. The fraction of sp³-hybridized carbons (Fsp3) is 0.500. The number of nitrogens with two attached hydrogens (primary N) is 1. The van der Waals surface area contributed by atoms with Gasteiger partial charge in [-0.3, -0.25) is 4.57 Å². The fourth-order valence-electron chi connectivity index (χ4n) is 1.79. The van der Waals surface area contributed by atoms with Crippen molar-refractivity contribution in [2.24, 2.45) is 0 Å². The zero-order chi connectivity index (χ0) is 14.0. The normalized spacial score (nSPS) is 11.9. The fourth-order valence-corrected chi connectivity index (χ4v) is 2.44. The Morgan fingerprint density at radius 1 is 1.42 bits per heavy atom. The van der Waals surface area contributed by atoms with Crippen LogP contribution in [0.15, 0.2) is 6.33 Å². The minimum atomic E-state index is -2.99. The molecule has 0 bridgehead atoms. The maximum atomic E-state index is 11.1. The molecule has 2 heterocycles. The lowest BCUT2D eigenvalue weighted by Crippen LogP contribution is -2.09. The van der Waals surface area contributed by atoms with Crippen LogP contribution < -0.4 is 10.5 Å². The van der Waals surface area contributed by atoms with Crippen LogP contribution in [0.2, 0.25) is 0 Å². The molecular formula is C10H15N5O3S. The van der Waals surface area contributed by atoms with E-state index in [0.717, 1.165) is 0 Å². The summed E-state index contributed by atoms with van der Waals surface area (Å²) >= 11 is 0. The minimum absolute atomic E-state index is 0.0916. The van der Waals surface area contributed by atoms with Gasteiger partial charge in [-0.1, -0.05) is 0 Å². The van der Waals surface area contributed by atoms with Crippen molar-refractivity contribution in [2.75, 3.05) is 24.9 Å². The van der Waals surface area contributed by atoms with Crippen molar-refractivity contribution in [2.45, 2.75) is 13.0 Å². The number of sulfone groups is 1. The van der Waals surface area contributed by atoms with Gasteiger partial charge in [-0.2, -0.15) is 4.98 Å². The molecule has 0 radical (unpaired) electrons. The molecule has 0 fully saturated rings. The zero-order valence-corrected chi connectivity index (χ0v) is 11.5. The second-order valence-electron chi connectivity index (χ2n) is 4.16. The molecule has 0 aliphatic carbocycles. The number of aromatic nitrogens is 4. The Kier molecular flexibility index (Phi) is 3.56. The van der Waals surface area contributed by atoms with E-state index in [2.05, 4.69) is 15.0 Å². The van der Waals surface area contributed by atoms with E-state index < -0.39 is 9.84 Å². The predicted octanol–water partition coefficient (Wildman–Crippen LogP) is -0.148. The van der Waals surface area contributed by atoms with E-state index in [1.54, 1.807) is 4.57 Å². The van der Waals surface area contributed by atoms with Crippen molar-refractivity contribution in [3.05, 3.63) is 6.33 Å². The molecule has 0 saturated carbocycles. The molecule has 0 aromatic carbocycles. The Labute approximate surface area is 110 Å². The van der Waals surface area contributed by atoms with Gasteiger partial charge >= 0.3 is 0 Å². The zero-order valence-electron chi connectivity index (χ0n) is 10.7. The molecule has 0 saturated heterocycles. The molecule has 104 valence electrons. The van der Waals surface area contributed by atoms with E-state index in [0.29, 0.717) is 30.0 Å². The van der Waals surface area contributed by atoms with E-state index in [1.807, 2.05) is 0 Å². The highest BCUT2D eigenvalue weighted by atomic mass is 32.2. The maximum absolute atomic E-state index is 11.1. The summed E-state index contributed by atoms with van der Waals surface area (Å²) in [7, 11) is -1.50. The van der Waals surface area contributed by atoms with Crippen LogP contribution in [0.25, 0.3) is 11.2 Å². The van der Waals surface area contributed by atoms with Crippen molar-refractivity contribution in [1.29, 1.82) is 0 Å².